The monoisotopic (exact) mass is 200 g/mol. The van der Waals surface area contributed by atoms with E-state index in [0.717, 1.165) is 33.9 Å². The van der Waals surface area contributed by atoms with Crippen molar-refractivity contribution in [3.63, 3.8) is 0 Å². The predicted molar refractivity (Wildman–Crippen MR) is 60.6 cm³/mol. The summed E-state index contributed by atoms with van der Waals surface area (Å²) in [6.45, 7) is 1.95. The summed E-state index contributed by atoms with van der Waals surface area (Å²) in [7, 11) is 1.64. The van der Waals surface area contributed by atoms with Crippen molar-refractivity contribution in [3.8, 4) is 5.75 Å². The van der Waals surface area contributed by atoms with E-state index in [1.165, 1.54) is 0 Å². The molecule has 0 aromatic heterocycles. The van der Waals surface area contributed by atoms with Crippen molar-refractivity contribution in [3.05, 3.63) is 41.5 Å². The van der Waals surface area contributed by atoms with Crippen molar-refractivity contribution in [2.45, 2.75) is 6.92 Å². The average molecular weight is 200 g/mol. The summed E-state index contributed by atoms with van der Waals surface area (Å²) >= 11 is 0. The van der Waals surface area contributed by atoms with Crippen LogP contribution >= 0.6 is 0 Å². The van der Waals surface area contributed by atoms with Gasteiger partial charge in [0.2, 0.25) is 0 Å². The van der Waals surface area contributed by atoms with Gasteiger partial charge in [-0.05, 0) is 35.4 Å². The maximum absolute atomic E-state index is 10.8. The first kappa shape index (κ1) is 9.71. The lowest BCUT2D eigenvalue weighted by Gasteiger charge is -2.06. The molecule has 2 aromatic carbocycles. The molecular formula is C13H12O2. The van der Waals surface area contributed by atoms with Gasteiger partial charge in [0.05, 0.1) is 7.11 Å². The lowest BCUT2D eigenvalue weighted by Crippen LogP contribution is -1.89. The molecule has 0 heterocycles. The van der Waals surface area contributed by atoms with Crippen molar-refractivity contribution in [1.29, 1.82) is 0 Å². The van der Waals surface area contributed by atoms with Crippen molar-refractivity contribution in [2.24, 2.45) is 0 Å². The van der Waals surface area contributed by atoms with Gasteiger partial charge in [-0.15, -0.1) is 0 Å². The van der Waals surface area contributed by atoms with Gasteiger partial charge < -0.3 is 4.74 Å². The summed E-state index contributed by atoms with van der Waals surface area (Å²) in [5.41, 5.74) is 1.73. The minimum atomic E-state index is 0.732. The summed E-state index contributed by atoms with van der Waals surface area (Å²) in [6, 6.07) is 9.67. The Morgan fingerprint density at radius 1 is 1.20 bits per heavy atom. The molecule has 0 aliphatic rings. The molecule has 2 nitrogen and oxygen atoms in total. The number of ether oxygens (including phenoxy) is 1. The second-order valence-corrected chi connectivity index (χ2v) is 3.48. The van der Waals surface area contributed by atoms with Gasteiger partial charge in [-0.2, -0.15) is 0 Å². The second-order valence-electron chi connectivity index (χ2n) is 3.48. The SMILES string of the molecule is COc1ccc2ccc(C=O)c(C)c2c1. The fourth-order valence-electron chi connectivity index (χ4n) is 1.72. The van der Waals surface area contributed by atoms with E-state index in [1.807, 2.05) is 37.3 Å². The predicted octanol–water partition coefficient (Wildman–Crippen LogP) is 2.97. The number of hydrogen-bond acceptors (Lipinski definition) is 2. The maximum Gasteiger partial charge on any atom is 0.150 e. The summed E-state index contributed by atoms with van der Waals surface area (Å²) in [5.74, 6) is 0.814. The Morgan fingerprint density at radius 2 is 1.93 bits per heavy atom. The van der Waals surface area contributed by atoms with Crippen LogP contribution in [-0.2, 0) is 0 Å². The number of carbonyl (C=O) groups is 1. The number of carbonyl (C=O) groups excluding carboxylic acids is 1. The summed E-state index contributed by atoms with van der Waals surface area (Å²) in [6.07, 6.45) is 0.883. The Morgan fingerprint density at radius 3 is 2.60 bits per heavy atom. The van der Waals surface area contributed by atoms with Crippen LogP contribution < -0.4 is 4.74 Å². The summed E-state index contributed by atoms with van der Waals surface area (Å²) in [5, 5.41) is 2.19. The highest BCUT2D eigenvalue weighted by Gasteiger charge is 2.03. The zero-order valence-corrected chi connectivity index (χ0v) is 8.78. The third-order valence-electron chi connectivity index (χ3n) is 2.67. The molecule has 2 rings (SSSR count). The first-order valence-electron chi connectivity index (χ1n) is 4.79. The van der Waals surface area contributed by atoms with Crippen LogP contribution in [0.25, 0.3) is 10.8 Å². The second kappa shape index (κ2) is 3.73. The van der Waals surface area contributed by atoms with Crippen LogP contribution in [0.3, 0.4) is 0 Å². The Kier molecular flexibility index (Phi) is 2.42. The topological polar surface area (TPSA) is 26.3 Å². The van der Waals surface area contributed by atoms with E-state index < -0.39 is 0 Å². The highest BCUT2D eigenvalue weighted by Crippen LogP contribution is 2.25. The van der Waals surface area contributed by atoms with E-state index in [-0.39, 0.29) is 0 Å². The molecule has 0 amide bonds. The fourth-order valence-corrected chi connectivity index (χ4v) is 1.72. The maximum atomic E-state index is 10.8. The number of benzene rings is 2. The van der Waals surface area contributed by atoms with Gasteiger partial charge in [0, 0.05) is 5.56 Å². The van der Waals surface area contributed by atoms with Crippen LogP contribution in [0.2, 0.25) is 0 Å². The molecule has 0 aliphatic heterocycles. The molecule has 0 saturated heterocycles. The number of aryl methyl sites for hydroxylation is 1. The van der Waals surface area contributed by atoms with Gasteiger partial charge in [-0.3, -0.25) is 4.79 Å². The molecule has 76 valence electrons. The third-order valence-corrected chi connectivity index (χ3v) is 2.67. The van der Waals surface area contributed by atoms with Crippen LogP contribution in [0.5, 0.6) is 5.75 Å². The number of hydrogen-bond donors (Lipinski definition) is 0. The Bertz CT molecular complexity index is 515. The quantitative estimate of drug-likeness (QED) is 0.696. The van der Waals surface area contributed by atoms with Gasteiger partial charge in [0.1, 0.15) is 12.0 Å². The number of rotatable bonds is 2. The van der Waals surface area contributed by atoms with Gasteiger partial charge in [0.25, 0.3) is 0 Å². The van der Waals surface area contributed by atoms with E-state index in [4.69, 9.17) is 4.74 Å². The molecule has 2 aromatic rings. The standard InChI is InChI=1S/C13H12O2/c1-9-11(8-14)4-3-10-5-6-12(15-2)7-13(9)10/h3-8H,1-2H3. The van der Waals surface area contributed by atoms with Crippen LogP contribution in [0, 0.1) is 6.92 Å². The van der Waals surface area contributed by atoms with Crippen LogP contribution in [0.4, 0.5) is 0 Å². The third kappa shape index (κ3) is 1.59. The van der Waals surface area contributed by atoms with E-state index in [0.29, 0.717) is 0 Å². The van der Waals surface area contributed by atoms with Crippen molar-refractivity contribution in [2.75, 3.05) is 7.11 Å². The molecule has 0 bridgehead atoms. The fraction of sp³-hybridized carbons (Fsp3) is 0.154. The van der Waals surface area contributed by atoms with Crippen molar-refractivity contribution in [1.82, 2.24) is 0 Å². The molecular weight excluding hydrogens is 188 g/mol. The lowest BCUT2D eigenvalue weighted by atomic mass is 10.0. The zero-order valence-electron chi connectivity index (χ0n) is 8.78. The Balaban J connectivity index is 2.77. The highest BCUT2D eigenvalue weighted by molar-refractivity contribution is 5.93. The molecule has 0 fully saturated rings. The first-order valence-corrected chi connectivity index (χ1v) is 4.79. The van der Waals surface area contributed by atoms with E-state index in [9.17, 15) is 4.79 Å². The number of methoxy groups -OCH3 is 1. The van der Waals surface area contributed by atoms with Crippen molar-refractivity contribution >= 4 is 17.1 Å². The van der Waals surface area contributed by atoms with Crippen molar-refractivity contribution < 1.29 is 9.53 Å². The molecule has 0 spiro atoms. The largest absolute Gasteiger partial charge is 0.497 e. The van der Waals surface area contributed by atoms with E-state index in [1.54, 1.807) is 7.11 Å². The smallest absolute Gasteiger partial charge is 0.150 e. The van der Waals surface area contributed by atoms with Crippen LogP contribution in [0.1, 0.15) is 15.9 Å². The summed E-state index contributed by atoms with van der Waals surface area (Å²) < 4.78 is 5.16. The van der Waals surface area contributed by atoms with Gasteiger partial charge >= 0.3 is 0 Å². The number of aldehydes is 1. The highest BCUT2D eigenvalue weighted by atomic mass is 16.5. The van der Waals surface area contributed by atoms with E-state index in [2.05, 4.69) is 0 Å². The van der Waals surface area contributed by atoms with E-state index >= 15 is 0 Å². The molecule has 15 heavy (non-hydrogen) atoms. The molecule has 2 heteroatoms. The van der Waals surface area contributed by atoms with Crippen LogP contribution in [-0.4, -0.2) is 13.4 Å². The van der Waals surface area contributed by atoms with Gasteiger partial charge in [0.15, 0.2) is 0 Å². The molecule has 0 saturated carbocycles. The van der Waals surface area contributed by atoms with Crippen LogP contribution in [0.15, 0.2) is 30.3 Å². The molecule has 0 unspecified atom stereocenters. The molecule has 0 aliphatic carbocycles. The normalized spacial score (nSPS) is 10.3. The first-order chi connectivity index (χ1) is 7.26. The molecule has 0 atom stereocenters. The zero-order chi connectivity index (χ0) is 10.8. The Hall–Kier alpha value is -1.83. The molecule has 0 radical (unpaired) electrons. The Labute approximate surface area is 88.5 Å². The minimum absolute atomic E-state index is 0.732. The lowest BCUT2D eigenvalue weighted by molar-refractivity contribution is 0.112. The summed E-state index contributed by atoms with van der Waals surface area (Å²) in [4.78, 5) is 10.8. The van der Waals surface area contributed by atoms with Gasteiger partial charge in [-0.1, -0.05) is 18.2 Å². The number of fused-ring (bicyclic) bond motifs is 1. The molecule has 0 N–H and O–H groups in total. The average Bonchev–Trinajstić information content (AvgIpc) is 2.29. The van der Waals surface area contributed by atoms with Gasteiger partial charge in [-0.25, -0.2) is 0 Å². The minimum Gasteiger partial charge on any atom is -0.497 e.